The van der Waals surface area contributed by atoms with Crippen molar-refractivity contribution in [3.8, 4) is 5.75 Å². The summed E-state index contributed by atoms with van der Waals surface area (Å²) in [7, 11) is -0.749. The number of nitrogens with zero attached hydrogens (tertiary/aromatic N) is 2. The highest BCUT2D eigenvalue weighted by molar-refractivity contribution is 7.92. The topological polar surface area (TPSA) is 93.3 Å². The van der Waals surface area contributed by atoms with Gasteiger partial charge in [0, 0.05) is 14.1 Å². The Labute approximate surface area is 173 Å². The summed E-state index contributed by atoms with van der Waals surface area (Å²) in [5, 5.41) is 10.2. The van der Waals surface area contributed by atoms with Crippen molar-refractivity contribution in [3.05, 3.63) is 88.3 Å². The second-order valence-electron chi connectivity index (χ2n) is 7.17. The van der Waals surface area contributed by atoms with Gasteiger partial charge in [0.05, 0.1) is 21.6 Å². The van der Waals surface area contributed by atoms with E-state index in [4.69, 9.17) is 0 Å². The summed E-state index contributed by atoms with van der Waals surface area (Å²) < 4.78 is 31.2. The maximum absolute atomic E-state index is 13.0. The molecule has 0 saturated carbocycles. The van der Waals surface area contributed by atoms with Crippen molar-refractivity contribution in [2.45, 2.75) is 11.3 Å². The molecule has 4 aromatic rings. The summed E-state index contributed by atoms with van der Waals surface area (Å²) in [5.41, 5.74) is 2.94. The second kappa shape index (κ2) is 7.38. The molecule has 0 spiro atoms. The Morgan fingerprint density at radius 2 is 1.57 bits per heavy atom. The Morgan fingerprint density at radius 3 is 2.30 bits per heavy atom. The normalized spacial score (nSPS) is 11.7. The van der Waals surface area contributed by atoms with Gasteiger partial charge in [-0.1, -0.05) is 36.4 Å². The molecule has 0 fully saturated rings. The first-order chi connectivity index (χ1) is 14.3. The number of phenolic OH excluding ortho intramolecular Hbond substituents is 1. The molecule has 30 heavy (non-hydrogen) atoms. The van der Waals surface area contributed by atoms with E-state index in [1.807, 2.05) is 30.3 Å². The van der Waals surface area contributed by atoms with E-state index in [9.17, 15) is 18.3 Å². The average molecular weight is 423 g/mol. The van der Waals surface area contributed by atoms with Gasteiger partial charge in [-0.2, -0.15) is 0 Å². The number of rotatable bonds is 5. The van der Waals surface area contributed by atoms with E-state index >= 15 is 0 Å². The molecule has 0 aliphatic heterocycles. The first-order valence-electron chi connectivity index (χ1n) is 9.30. The molecule has 0 aliphatic rings. The third-order valence-electron chi connectivity index (χ3n) is 5.11. The van der Waals surface area contributed by atoms with Crippen LogP contribution in [-0.4, -0.2) is 22.7 Å². The molecule has 1 heterocycles. The summed E-state index contributed by atoms with van der Waals surface area (Å²) in [4.78, 5) is 12.1. The van der Waals surface area contributed by atoms with Gasteiger partial charge < -0.3 is 5.11 Å². The number of aryl methyl sites for hydroxylation is 2. The number of aromatic hydroxyl groups is 1. The minimum atomic E-state index is -3.97. The zero-order valence-electron chi connectivity index (χ0n) is 16.5. The molecule has 154 valence electrons. The summed E-state index contributed by atoms with van der Waals surface area (Å²) in [5.74, 6) is -0.163. The van der Waals surface area contributed by atoms with Crippen LogP contribution in [0, 0.1) is 0 Å². The summed E-state index contributed by atoms with van der Waals surface area (Å²) >= 11 is 0. The van der Waals surface area contributed by atoms with Gasteiger partial charge in [0.2, 0.25) is 0 Å². The third kappa shape index (κ3) is 3.57. The number of nitrogens with one attached hydrogen (secondary N) is 1. The predicted molar refractivity (Wildman–Crippen MR) is 116 cm³/mol. The Bertz CT molecular complexity index is 1400. The minimum absolute atomic E-state index is 0.00376. The number of anilines is 1. The number of fused-ring (bicyclic) bond motifs is 1. The molecule has 0 bridgehead atoms. The number of hydrogen-bond donors (Lipinski definition) is 2. The molecule has 0 atom stereocenters. The number of imidazole rings is 1. The molecule has 3 aromatic carbocycles. The lowest BCUT2D eigenvalue weighted by Crippen LogP contribution is -2.19. The van der Waals surface area contributed by atoms with Crippen LogP contribution in [0.5, 0.6) is 5.75 Å². The van der Waals surface area contributed by atoms with Crippen molar-refractivity contribution >= 4 is 26.7 Å². The lowest BCUT2D eigenvalue weighted by molar-refractivity contribution is 0.477. The number of benzene rings is 3. The smallest absolute Gasteiger partial charge is 0.328 e. The van der Waals surface area contributed by atoms with Gasteiger partial charge in [-0.25, -0.2) is 13.2 Å². The van der Waals surface area contributed by atoms with Gasteiger partial charge in [-0.05, 0) is 47.9 Å². The average Bonchev–Trinajstić information content (AvgIpc) is 2.95. The summed E-state index contributed by atoms with van der Waals surface area (Å²) in [6.07, 6.45) is 0.605. The van der Waals surface area contributed by atoms with Gasteiger partial charge >= 0.3 is 5.69 Å². The summed E-state index contributed by atoms with van der Waals surface area (Å²) in [6.45, 7) is 0. The molecule has 8 heteroatoms. The number of phenols is 1. The lowest BCUT2D eigenvalue weighted by atomic mass is 10.0. The Kier molecular flexibility index (Phi) is 4.87. The van der Waals surface area contributed by atoms with Crippen LogP contribution in [0.4, 0.5) is 5.69 Å². The molecule has 4 rings (SSSR count). The summed E-state index contributed by atoms with van der Waals surface area (Å²) in [6, 6.07) is 19.1. The third-order valence-corrected chi connectivity index (χ3v) is 6.47. The molecule has 0 saturated heterocycles. The largest absolute Gasteiger partial charge is 0.506 e. The number of hydrogen-bond acceptors (Lipinski definition) is 4. The van der Waals surface area contributed by atoms with E-state index in [-0.39, 0.29) is 22.0 Å². The molecular weight excluding hydrogens is 402 g/mol. The Morgan fingerprint density at radius 1 is 0.867 bits per heavy atom. The molecule has 0 amide bonds. The monoisotopic (exact) mass is 423 g/mol. The van der Waals surface area contributed by atoms with E-state index in [1.165, 1.54) is 27.3 Å². The van der Waals surface area contributed by atoms with E-state index < -0.39 is 10.0 Å². The molecule has 2 N–H and O–H groups in total. The van der Waals surface area contributed by atoms with Gasteiger partial charge in [0.1, 0.15) is 5.75 Å². The van der Waals surface area contributed by atoms with Crippen LogP contribution in [0.2, 0.25) is 0 Å². The van der Waals surface area contributed by atoms with Crippen LogP contribution >= 0.6 is 0 Å². The Balaban J connectivity index is 1.68. The molecular formula is C22H21N3O4S. The van der Waals surface area contributed by atoms with E-state index in [0.29, 0.717) is 17.5 Å². The molecule has 0 aliphatic carbocycles. The van der Waals surface area contributed by atoms with E-state index in [1.54, 1.807) is 32.3 Å². The zero-order chi connectivity index (χ0) is 21.5. The van der Waals surface area contributed by atoms with Crippen LogP contribution in [-0.2, 0) is 30.5 Å². The Hall–Kier alpha value is -3.52. The van der Waals surface area contributed by atoms with Crippen molar-refractivity contribution in [3.63, 3.8) is 0 Å². The van der Waals surface area contributed by atoms with E-state index in [2.05, 4.69) is 4.72 Å². The lowest BCUT2D eigenvalue weighted by Gasteiger charge is -2.12. The highest BCUT2D eigenvalue weighted by Crippen LogP contribution is 2.28. The van der Waals surface area contributed by atoms with Gasteiger partial charge in [-0.3, -0.25) is 13.9 Å². The first kappa shape index (κ1) is 19.8. The van der Waals surface area contributed by atoms with Crippen molar-refractivity contribution < 1.29 is 13.5 Å². The number of aromatic nitrogens is 2. The molecule has 7 nitrogen and oxygen atoms in total. The molecule has 1 aromatic heterocycles. The maximum Gasteiger partial charge on any atom is 0.328 e. The van der Waals surface area contributed by atoms with Crippen LogP contribution < -0.4 is 10.4 Å². The van der Waals surface area contributed by atoms with Crippen LogP contribution in [0.25, 0.3) is 11.0 Å². The molecule has 0 radical (unpaired) electrons. The van der Waals surface area contributed by atoms with Crippen molar-refractivity contribution in [1.29, 1.82) is 0 Å². The first-order valence-corrected chi connectivity index (χ1v) is 10.8. The standard InChI is InChI=1S/C22H21N3O4S/c1-24-19-10-9-17(14-20(19)25(2)22(24)27)30(28,29)23-18-13-16(8-11-21(18)26)12-15-6-4-3-5-7-15/h3-11,13-14,23,26H,12H2,1-2H3. The molecule has 0 unspecified atom stereocenters. The van der Waals surface area contributed by atoms with Crippen LogP contribution in [0.1, 0.15) is 11.1 Å². The zero-order valence-corrected chi connectivity index (χ0v) is 17.3. The quantitative estimate of drug-likeness (QED) is 0.483. The van der Waals surface area contributed by atoms with Crippen LogP contribution in [0.3, 0.4) is 0 Å². The fraction of sp³-hybridized carbons (Fsp3) is 0.136. The highest BCUT2D eigenvalue weighted by atomic mass is 32.2. The fourth-order valence-corrected chi connectivity index (χ4v) is 4.55. The van der Waals surface area contributed by atoms with Crippen molar-refractivity contribution in [2.75, 3.05) is 4.72 Å². The fourth-order valence-electron chi connectivity index (χ4n) is 3.46. The van der Waals surface area contributed by atoms with Gasteiger partial charge in [-0.15, -0.1) is 0 Å². The van der Waals surface area contributed by atoms with Crippen LogP contribution in [0.15, 0.2) is 76.4 Å². The number of sulfonamides is 1. The predicted octanol–water partition coefficient (Wildman–Crippen LogP) is 2.97. The van der Waals surface area contributed by atoms with Crippen molar-refractivity contribution in [2.24, 2.45) is 14.1 Å². The van der Waals surface area contributed by atoms with Crippen molar-refractivity contribution in [1.82, 2.24) is 9.13 Å². The second-order valence-corrected chi connectivity index (χ2v) is 8.85. The van der Waals surface area contributed by atoms with E-state index in [0.717, 1.165) is 11.1 Å². The van der Waals surface area contributed by atoms with Gasteiger partial charge in [0.25, 0.3) is 10.0 Å². The van der Waals surface area contributed by atoms with Gasteiger partial charge in [0.15, 0.2) is 0 Å². The maximum atomic E-state index is 13.0. The highest BCUT2D eigenvalue weighted by Gasteiger charge is 2.19. The minimum Gasteiger partial charge on any atom is -0.506 e. The SMILES string of the molecule is Cn1c(=O)n(C)c2cc(S(=O)(=O)Nc3cc(Cc4ccccc4)ccc3O)ccc21.